The normalized spacial score (nSPS) is 16.5. The Kier molecular flexibility index (Phi) is 6.76. The largest absolute Gasteiger partial charge is 0.481 e. The third-order valence-corrected chi connectivity index (χ3v) is 5.82. The van der Waals surface area contributed by atoms with E-state index in [1.165, 1.54) is 38.4 Å². The fraction of sp³-hybridized carbons (Fsp3) is 0.478. The first-order valence-electron chi connectivity index (χ1n) is 10.9. The van der Waals surface area contributed by atoms with Crippen molar-refractivity contribution < 1.29 is 14.6 Å². The molecule has 3 aromatic heterocycles. The summed E-state index contributed by atoms with van der Waals surface area (Å²) < 4.78 is 6.94. The Bertz CT molecular complexity index is 1020. The zero-order valence-electron chi connectivity index (χ0n) is 17.8. The molecule has 8 heteroatoms. The van der Waals surface area contributed by atoms with Crippen LogP contribution in [0, 0.1) is 5.92 Å². The van der Waals surface area contributed by atoms with E-state index in [1.807, 2.05) is 18.2 Å². The molecule has 2 aliphatic carbocycles. The van der Waals surface area contributed by atoms with Crippen molar-refractivity contribution in [3.8, 4) is 17.1 Å². The number of ether oxygens (including phenoxy) is 1. The first kappa shape index (κ1) is 21.2. The molecule has 164 valence electrons. The van der Waals surface area contributed by atoms with Crippen molar-refractivity contribution in [3.63, 3.8) is 0 Å². The molecule has 3 heterocycles. The quantitative estimate of drug-likeness (QED) is 0.653. The molecule has 0 saturated heterocycles. The lowest BCUT2D eigenvalue weighted by molar-refractivity contribution is 0.0929. The molecular weight excluding hydrogens is 394 g/mol. The van der Waals surface area contributed by atoms with E-state index >= 15 is 0 Å². The summed E-state index contributed by atoms with van der Waals surface area (Å²) in [6, 6.07) is 5.80. The predicted octanol–water partition coefficient (Wildman–Crippen LogP) is 3.25. The molecule has 2 N–H and O–H groups in total. The van der Waals surface area contributed by atoms with E-state index in [9.17, 15) is 4.79 Å². The summed E-state index contributed by atoms with van der Waals surface area (Å²) in [5, 5.41) is 15.7. The van der Waals surface area contributed by atoms with Gasteiger partial charge in [0.05, 0.1) is 30.1 Å². The van der Waals surface area contributed by atoms with Gasteiger partial charge in [0.1, 0.15) is 6.33 Å². The van der Waals surface area contributed by atoms with E-state index in [1.54, 1.807) is 24.0 Å². The molecule has 2 aliphatic rings. The Hall–Kier alpha value is -3.00. The number of aromatic nitrogens is 4. The van der Waals surface area contributed by atoms with Crippen LogP contribution in [0.2, 0.25) is 0 Å². The number of carbonyl (C=O) groups excluding carboxylic acids is 1. The van der Waals surface area contributed by atoms with E-state index in [4.69, 9.17) is 9.84 Å². The van der Waals surface area contributed by atoms with Crippen LogP contribution in [0.1, 0.15) is 55.3 Å². The monoisotopic (exact) mass is 423 g/mol. The average molecular weight is 424 g/mol. The van der Waals surface area contributed by atoms with Crippen LogP contribution in [0.5, 0.6) is 5.88 Å². The first-order chi connectivity index (χ1) is 15.2. The van der Waals surface area contributed by atoms with Gasteiger partial charge in [0, 0.05) is 30.5 Å². The van der Waals surface area contributed by atoms with Crippen LogP contribution < -0.4 is 10.1 Å². The number of nitrogens with one attached hydrogen (secondary N) is 1. The van der Waals surface area contributed by atoms with Crippen LogP contribution >= 0.6 is 0 Å². The second-order valence-corrected chi connectivity index (χ2v) is 8.17. The van der Waals surface area contributed by atoms with Crippen molar-refractivity contribution in [2.45, 2.75) is 51.0 Å². The summed E-state index contributed by atoms with van der Waals surface area (Å²) in [7, 11) is 1.58. The fourth-order valence-corrected chi connectivity index (χ4v) is 3.83. The van der Waals surface area contributed by atoms with Gasteiger partial charge in [0.25, 0.3) is 5.91 Å². The van der Waals surface area contributed by atoms with Gasteiger partial charge in [-0.05, 0) is 43.7 Å². The lowest BCUT2D eigenvalue weighted by Crippen LogP contribution is -2.36. The minimum Gasteiger partial charge on any atom is -0.481 e. The minimum atomic E-state index is -0.0727. The zero-order valence-corrected chi connectivity index (χ0v) is 17.8. The molecule has 2 saturated carbocycles. The molecular formula is C23H29N5O3. The molecule has 1 amide bonds. The molecule has 31 heavy (non-hydrogen) atoms. The smallest absolute Gasteiger partial charge is 0.253 e. The van der Waals surface area contributed by atoms with E-state index in [0.717, 1.165) is 24.1 Å². The van der Waals surface area contributed by atoms with Gasteiger partial charge in [-0.3, -0.25) is 4.79 Å². The van der Waals surface area contributed by atoms with Crippen LogP contribution in [0.25, 0.3) is 16.8 Å². The topological polar surface area (TPSA) is 102 Å². The Morgan fingerprint density at radius 2 is 2.03 bits per heavy atom. The SMILES string of the molecule is COc1cc(-c2cc(C(=O)NC3CCCCC3)c3cncnn23)ccn1.OCC1CC1. The third-order valence-electron chi connectivity index (χ3n) is 5.82. The van der Waals surface area contributed by atoms with Crippen LogP contribution in [0.15, 0.2) is 36.9 Å². The number of pyridine rings is 1. The number of fused-ring (bicyclic) bond motifs is 1. The van der Waals surface area contributed by atoms with Crippen LogP contribution in [0.3, 0.4) is 0 Å². The highest BCUT2D eigenvalue weighted by Crippen LogP contribution is 2.28. The molecule has 0 radical (unpaired) electrons. The van der Waals surface area contributed by atoms with Crippen molar-refractivity contribution >= 4 is 11.4 Å². The molecule has 0 aromatic carbocycles. The van der Waals surface area contributed by atoms with E-state index in [-0.39, 0.29) is 11.9 Å². The standard InChI is InChI=1S/C19H21N5O2.C4H8O/c1-26-18-9-13(7-8-21-18)16-10-15(17-11-20-12-22-24(16)17)19(25)23-14-5-3-2-4-6-14;5-3-4-1-2-4/h7-12,14H,2-6H2,1H3,(H,23,25);4-5H,1-3H2. The molecule has 8 nitrogen and oxygen atoms in total. The molecule has 3 aromatic rings. The number of nitrogens with zero attached hydrogens (tertiary/aromatic N) is 4. The molecule has 2 fully saturated rings. The van der Waals surface area contributed by atoms with Crippen molar-refractivity contribution in [3.05, 3.63) is 42.5 Å². The zero-order chi connectivity index (χ0) is 21.6. The van der Waals surface area contributed by atoms with E-state index in [0.29, 0.717) is 29.5 Å². The minimum absolute atomic E-state index is 0.0727. The fourth-order valence-electron chi connectivity index (χ4n) is 3.83. The number of methoxy groups -OCH3 is 1. The number of amides is 1. The van der Waals surface area contributed by atoms with Gasteiger partial charge in [-0.25, -0.2) is 14.5 Å². The average Bonchev–Trinajstić information content (AvgIpc) is 3.59. The molecule has 0 aliphatic heterocycles. The van der Waals surface area contributed by atoms with Gasteiger partial charge in [-0.2, -0.15) is 5.10 Å². The van der Waals surface area contributed by atoms with Crippen molar-refractivity contribution in [1.29, 1.82) is 0 Å². The number of hydrogen-bond acceptors (Lipinski definition) is 6. The number of aliphatic hydroxyl groups excluding tert-OH is 1. The first-order valence-corrected chi connectivity index (χ1v) is 10.9. The van der Waals surface area contributed by atoms with E-state index in [2.05, 4.69) is 20.4 Å². The maximum atomic E-state index is 12.9. The summed E-state index contributed by atoms with van der Waals surface area (Å²) in [4.78, 5) is 21.1. The summed E-state index contributed by atoms with van der Waals surface area (Å²) in [5.74, 6) is 1.13. The van der Waals surface area contributed by atoms with Crippen molar-refractivity contribution in [2.75, 3.05) is 13.7 Å². The lowest BCUT2D eigenvalue weighted by Gasteiger charge is -2.22. The molecule has 5 rings (SSSR count). The maximum absolute atomic E-state index is 12.9. The number of carbonyl (C=O) groups is 1. The number of hydrogen-bond donors (Lipinski definition) is 2. The lowest BCUT2D eigenvalue weighted by atomic mass is 9.95. The van der Waals surface area contributed by atoms with Gasteiger partial charge >= 0.3 is 0 Å². The van der Waals surface area contributed by atoms with Crippen LogP contribution in [-0.4, -0.2) is 50.4 Å². The molecule has 0 unspecified atom stereocenters. The summed E-state index contributed by atoms with van der Waals surface area (Å²) in [5.41, 5.74) is 2.95. The van der Waals surface area contributed by atoms with Crippen LogP contribution in [-0.2, 0) is 0 Å². The highest BCUT2D eigenvalue weighted by molar-refractivity contribution is 6.02. The maximum Gasteiger partial charge on any atom is 0.253 e. The van der Waals surface area contributed by atoms with Gasteiger partial charge in [0.15, 0.2) is 0 Å². The van der Waals surface area contributed by atoms with E-state index < -0.39 is 0 Å². The Balaban J connectivity index is 0.000000407. The Morgan fingerprint density at radius 1 is 1.23 bits per heavy atom. The Labute approximate surface area is 181 Å². The summed E-state index contributed by atoms with van der Waals surface area (Å²) in [6.07, 6.45) is 13.0. The second kappa shape index (κ2) is 9.87. The van der Waals surface area contributed by atoms with Crippen molar-refractivity contribution in [1.82, 2.24) is 24.9 Å². The number of rotatable bonds is 5. The Morgan fingerprint density at radius 3 is 2.71 bits per heavy atom. The van der Waals surface area contributed by atoms with Gasteiger partial charge in [-0.15, -0.1) is 0 Å². The summed E-state index contributed by atoms with van der Waals surface area (Å²) >= 11 is 0. The van der Waals surface area contributed by atoms with Crippen LogP contribution in [0.4, 0.5) is 0 Å². The number of aliphatic hydroxyl groups is 1. The van der Waals surface area contributed by atoms with Crippen molar-refractivity contribution in [2.24, 2.45) is 5.92 Å². The highest BCUT2D eigenvalue weighted by atomic mass is 16.5. The van der Waals surface area contributed by atoms with Gasteiger partial charge < -0.3 is 15.2 Å². The second-order valence-electron chi connectivity index (χ2n) is 8.17. The molecule has 0 spiro atoms. The van der Waals surface area contributed by atoms with Gasteiger partial charge in [-0.1, -0.05) is 19.3 Å². The molecule has 0 bridgehead atoms. The summed E-state index contributed by atoms with van der Waals surface area (Å²) in [6.45, 7) is 0.417. The molecule has 0 atom stereocenters. The highest BCUT2D eigenvalue weighted by Gasteiger charge is 2.21. The van der Waals surface area contributed by atoms with Gasteiger partial charge in [0.2, 0.25) is 5.88 Å². The third kappa shape index (κ3) is 5.19. The predicted molar refractivity (Wildman–Crippen MR) is 117 cm³/mol.